The molecule has 4 aromatic rings. The smallest absolute Gasteiger partial charge is 0.270 e. The van der Waals surface area contributed by atoms with Gasteiger partial charge < -0.3 is 25.8 Å². The van der Waals surface area contributed by atoms with Gasteiger partial charge in [0.05, 0.1) is 0 Å². The number of para-hydroxylation sites is 1. The molecule has 2 saturated heterocycles. The van der Waals surface area contributed by atoms with Crippen LogP contribution >= 0.6 is 0 Å². The Balaban J connectivity index is 1.31. The van der Waals surface area contributed by atoms with Gasteiger partial charge in [-0.05, 0) is 54.9 Å². The summed E-state index contributed by atoms with van der Waals surface area (Å²) in [5.41, 5.74) is 1.54. The fourth-order valence-electron chi connectivity index (χ4n) is 6.79. The number of aromatic amines is 1. The zero-order valence-corrected chi connectivity index (χ0v) is 26.9. The molecule has 0 radical (unpaired) electrons. The number of hydrogen-bond donors (Lipinski definition) is 4. The second kappa shape index (κ2) is 13.4. The van der Waals surface area contributed by atoms with Gasteiger partial charge in [-0.1, -0.05) is 45.0 Å². The number of H-pyrrole nitrogens is 1. The van der Waals surface area contributed by atoms with Crippen molar-refractivity contribution in [1.29, 1.82) is 0 Å². The van der Waals surface area contributed by atoms with Gasteiger partial charge in [-0.15, -0.1) is 0 Å². The molecule has 0 bridgehead atoms. The van der Waals surface area contributed by atoms with E-state index >= 15 is 0 Å². The number of carbonyl (C=O) groups excluding carboxylic acids is 4. The number of hydrogen-bond acceptors (Lipinski definition) is 6. The lowest BCUT2D eigenvalue weighted by molar-refractivity contribution is -0.141. The van der Waals surface area contributed by atoms with E-state index in [9.17, 15) is 24.0 Å². The summed E-state index contributed by atoms with van der Waals surface area (Å²) in [6.07, 6.45) is 6.69. The lowest BCUT2D eigenvalue weighted by atomic mass is 9.92. The maximum atomic E-state index is 14.4. The minimum atomic E-state index is -0.936. The lowest BCUT2D eigenvalue weighted by Gasteiger charge is -2.30. The SMILES string of the molecule is CC(C)[C@@H]1CC[C@@H](C)CC(=O)N[C@H](Cc2c[nH]c3ccccc23)C(=O)N2C[C@H](NC(=O)c3cnc4ccccn4c3=O)C[C@H]2C(=O)N1. The first-order valence-electron chi connectivity index (χ1n) is 16.3. The van der Waals surface area contributed by atoms with Crippen LogP contribution in [0.5, 0.6) is 0 Å². The molecule has 5 heterocycles. The Bertz CT molecular complexity index is 1880. The van der Waals surface area contributed by atoms with E-state index in [4.69, 9.17) is 0 Å². The molecule has 4 N–H and O–H groups in total. The van der Waals surface area contributed by atoms with Crippen molar-refractivity contribution in [2.24, 2.45) is 11.8 Å². The third kappa shape index (κ3) is 6.77. The second-order valence-corrected chi connectivity index (χ2v) is 13.2. The summed E-state index contributed by atoms with van der Waals surface area (Å²) in [5, 5.41) is 9.99. The molecule has 5 atom stereocenters. The van der Waals surface area contributed by atoms with Crippen LogP contribution in [-0.2, 0) is 20.8 Å². The van der Waals surface area contributed by atoms with Crippen LogP contribution in [0, 0.1) is 11.8 Å². The van der Waals surface area contributed by atoms with Crippen molar-refractivity contribution in [3.8, 4) is 0 Å². The van der Waals surface area contributed by atoms with Crippen LogP contribution in [0.3, 0.4) is 0 Å². The number of benzene rings is 1. The summed E-state index contributed by atoms with van der Waals surface area (Å²) in [5.74, 6) is -1.36. The Kier molecular flexibility index (Phi) is 9.10. The monoisotopic (exact) mass is 639 g/mol. The molecule has 0 unspecified atom stereocenters. The summed E-state index contributed by atoms with van der Waals surface area (Å²) in [7, 11) is 0. The van der Waals surface area contributed by atoms with E-state index in [0.717, 1.165) is 22.9 Å². The van der Waals surface area contributed by atoms with Crippen LogP contribution < -0.4 is 21.5 Å². The first kappa shape index (κ1) is 32.0. The standard InChI is InChI=1S/C35H41N7O5/c1-20(2)26-12-11-21(3)14-31(43)39-28(15-22-17-36-27-9-5-4-8-24(22)27)35(47)42-19-23(16-29(42)33(45)40-26)38-32(44)25-18-37-30-10-6-7-13-41(30)34(25)46/h4-10,13,17-18,20-21,23,26,28-29,36H,11-12,14-16,19H2,1-3H3,(H,38,44)(H,39,43)(H,40,45)/t21-,23-,26+,28-,29+/m1/s1. The Hall–Kier alpha value is -5.00. The Labute approximate surface area is 272 Å². The van der Waals surface area contributed by atoms with E-state index in [0.29, 0.717) is 12.1 Å². The first-order valence-corrected chi connectivity index (χ1v) is 16.3. The predicted molar refractivity (Wildman–Crippen MR) is 177 cm³/mol. The van der Waals surface area contributed by atoms with Crippen LogP contribution in [0.15, 0.2) is 65.8 Å². The minimum absolute atomic E-state index is 0.0357. The number of nitrogens with one attached hydrogen (secondary N) is 4. The molecule has 4 amide bonds. The molecular weight excluding hydrogens is 598 g/mol. The Morgan fingerprint density at radius 2 is 1.83 bits per heavy atom. The van der Waals surface area contributed by atoms with Crippen molar-refractivity contribution < 1.29 is 19.2 Å². The topological polar surface area (TPSA) is 158 Å². The number of pyridine rings is 1. The van der Waals surface area contributed by atoms with Gasteiger partial charge in [0.15, 0.2) is 0 Å². The third-order valence-electron chi connectivity index (χ3n) is 9.45. The number of aromatic nitrogens is 3. The molecule has 3 aromatic heterocycles. The minimum Gasteiger partial charge on any atom is -0.361 e. The first-order chi connectivity index (χ1) is 22.6. The number of fused-ring (bicyclic) bond motifs is 3. The molecule has 1 aromatic carbocycles. The van der Waals surface area contributed by atoms with Gasteiger partial charge in [0.1, 0.15) is 23.3 Å². The van der Waals surface area contributed by atoms with Gasteiger partial charge in [0.2, 0.25) is 17.7 Å². The fraction of sp³-hybridized carbons (Fsp3) is 0.429. The van der Waals surface area contributed by atoms with E-state index in [1.807, 2.05) is 51.2 Å². The fourth-order valence-corrected chi connectivity index (χ4v) is 6.79. The van der Waals surface area contributed by atoms with Crippen molar-refractivity contribution in [3.05, 3.63) is 82.5 Å². The zero-order valence-electron chi connectivity index (χ0n) is 26.9. The average Bonchev–Trinajstić information content (AvgIpc) is 3.66. The van der Waals surface area contributed by atoms with Gasteiger partial charge in [-0.25, -0.2) is 4.98 Å². The molecule has 2 aliphatic rings. The number of rotatable bonds is 5. The largest absolute Gasteiger partial charge is 0.361 e. The van der Waals surface area contributed by atoms with E-state index in [-0.39, 0.29) is 61.1 Å². The van der Waals surface area contributed by atoms with E-state index in [1.165, 1.54) is 15.5 Å². The number of carbonyl (C=O) groups is 4. The van der Waals surface area contributed by atoms with Crippen molar-refractivity contribution in [1.82, 2.24) is 35.2 Å². The second-order valence-electron chi connectivity index (χ2n) is 13.2. The van der Waals surface area contributed by atoms with E-state index in [1.54, 1.807) is 24.4 Å². The van der Waals surface area contributed by atoms with Crippen molar-refractivity contribution >= 4 is 40.2 Å². The normalized spacial score (nSPS) is 24.3. The van der Waals surface area contributed by atoms with Crippen LogP contribution in [-0.4, -0.2) is 73.6 Å². The Morgan fingerprint density at radius 3 is 2.64 bits per heavy atom. The highest BCUT2D eigenvalue weighted by molar-refractivity contribution is 5.96. The summed E-state index contributed by atoms with van der Waals surface area (Å²) in [4.78, 5) is 77.1. The van der Waals surface area contributed by atoms with Gasteiger partial charge in [0, 0.05) is 61.0 Å². The molecule has 6 rings (SSSR count). The van der Waals surface area contributed by atoms with Crippen LogP contribution in [0.1, 0.15) is 62.4 Å². The maximum Gasteiger partial charge on any atom is 0.270 e. The van der Waals surface area contributed by atoms with Crippen molar-refractivity contribution in [2.45, 2.75) is 77.0 Å². The average molecular weight is 640 g/mol. The molecule has 47 heavy (non-hydrogen) atoms. The van der Waals surface area contributed by atoms with Gasteiger partial charge in [-0.2, -0.15) is 0 Å². The number of amides is 4. The summed E-state index contributed by atoms with van der Waals surface area (Å²) in [6.45, 7) is 6.12. The van der Waals surface area contributed by atoms with Gasteiger partial charge in [0.25, 0.3) is 11.5 Å². The van der Waals surface area contributed by atoms with Gasteiger partial charge in [-0.3, -0.25) is 28.4 Å². The molecule has 2 aliphatic heterocycles. The van der Waals surface area contributed by atoms with Crippen LogP contribution in [0.2, 0.25) is 0 Å². The number of nitrogens with zero attached hydrogens (tertiary/aromatic N) is 3. The molecule has 12 nitrogen and oxygen atoms in total. The quantitative estimate of drug-likeness (QED) is 0.263. The van der Waals surface area contributed by atoms with Crippen LogP contribution in [0.4, 0.5) is 0 Å². The highest BCUT2D eigenvalue weighted by atomic mass is 16.2. The highest BCUT2D eigenvalue weighted by Crippen LogP contribution is 2.25. The maximum absolute atomic E-state index is 14.4. The van der Waals surface area contributed by atoms with Crippen LogP contribution in [0.25, 0.3) is 16.6 Å². The summed E-state index contributed by atoms with van der Waals surface area (Å²) < 4.78 is 1.30. The lowest BCUT2D eigenvalue weighted by Crippen LogP contribution is -2.55. The van der Waals surface area contributed by atoms with Crippen molar-refractivity contribution in [2.75, 3.05) is 6.54 Å². The molecule has 0 aliphatic carbocycles. The molecule has 0 saturated carbocycles. The molecule has 12 heteroatoms. The molecule has 2 fully saturated rings. The highest BCUT2D eigenvalue weighted by Gasteiger charge is 2.43. The molecule has 246 valence electrons. The predicted octanol–water partition coefficient (Wildman–Crippen LogP) is 2.56. The van der Waals surface area contributed by atoms with Crippen molar-refractivity contribution in [3.63, 3.8) is 0 Å². The Morgan fingerprint density at radius 1 is 1.04 bits per heavy atom. The summed E-state index contributed by atoms with van der Waals surface area (Å²) >= 11 is 0. The zero-order chi connectivity index (χ0) is 33.2. The molecular formula is C35H41N7O5. The van der Waals surface area contributed by atoms with E-state index < -0.39 is 35.5 Å². The van der Waals surface area contributed by atoms with Gasteiger partial charge >= 0.3 is 0 Å². The summed E-state index contributed by atoms with van der Waals surface area (Å²) in [6, 6.07) is 10.3. The third-order valence-corrected chi connectivity index (χ3v) is 9.45. The molecule has 0 spiro atoms. The van der Waals surface area contributed by atoms with E-state index in [2.05, 4.69) is 25.9 Å².